The number of aliphatic imine (C=N–C) groups is 1. The number of anilines is 1. The molecule has 0 saturated heterocycles. The van der Waals surface area contributed by atoms with Gasteiger partial charge in [0, 0.05) is 74.1 Å². The molecule has 2 N–H and O–H groups in total. The molecule has 0 saturated carbocycles. The molecular weight excluding hydrogens is 544 g/mol. The predicted octanol–water partition coefficient (Wildman–Crippen LogP) is 6.23. The monoisotopic (exact) mass is 577 g/mol. The summed E-state index contributed by atoms with van der Waals surface area (Å²) in [5.74, 6) is -2.22. The highest BCUT2D eigenvalue weighted by atomic mass is 19.1. The van der Waals surface area contributed by atoms with Crippen LogP contribution in [0.4, 0.5) is 14.5 Å². The van der Waals surface area contributed by atoms with Crippen LogP contribution in [0.25, 0.3) is 22.2 Å². The number of carbonyl (C=O) groups is 1. The number of aromatic nitrogens is 2. The van der Waals surface area contributed by atoms with Gasteiger partial charge in [0.2, 0.25) is 0 Å². The number of nitrogens with one attached hydrogen (secondary N) is 2. The minimum atomic E-state index is -0.895. The number of hydrogen-bond acceptors (Lipinski definition) is 7. The second-order valence-corrected chi connectivity index (χ2v) is 11.0. The number of rotatable bonds is 9. The summed E-state index contributed by atoms with van der Waals surface area (Å²) >= 11 is 0. The van der Waals surface area contributed by atoms with Gasteiger partial charge in [-0.05, 0) is 30.2 Å². The van der Waals surface area contributed by atoms with Crippen molar-refractivity contribution in [3.05, 3.63) is 72.1 Å². The van der Waals surface area contributed by atoms with E-state index in [0.29, 0.717) is 48.5 Å². The molecule has 2 aromatic carbocycles. The first kappa shape index (κ1) is 29.0. The molecule has 1 amide bonds. The summed E-state index contributed by atoms with van der Waals surface area (Å²) in [6.45, 7) is 6.16. The molecule has 9 nitrogen and oxygen atoms in total. The molecule has 2 aromatic heterocycles. The molecule has 0 spiro atoms. The zero-order valence-electron chi connectivity index (χ0n) is 24.0. The average Bonchev–Trinajstić information content (AvgIpc) is 3.41. The van der Waals surface area contributed by atoms with E-state index in [1.807, 2.05) is 26.0 Å². The van der Waals surface area contributed by atoms with Gasteiger partial charge < -0.3 is 29.4 Å². The van der Waals surface area contributed by atoms with E-state index in [4.69, 9.17) is 14.2 Å². The molecular formula is C31H33F2N5O4. The van der Waals surface area contributed by atoms with Gasteiger partial charge in [0.1, 0.15) is 11.4 Å². The Hall–Kier alpha value is -4.51. The SMILES string of the molecule is COCCCN(C)C(=O)c1ccc(-c2c[nH]c3nccc(Oc4c(F)cc(NC5=NCC(C)(C)CO5)cc4F)c23)cc1. The molecule has 0 radical (unpaired) electrons. The van der Waals surface area contributed by atoms with Crippen molar-refractivity contribution in [1.82, 2.24) is 14.9 Å². The Morgan fingerprint density at radius 3 is 2.57 bits per heavy atom. The third-order valence-electron chi connectivity index (χ3n) is 6.88. The Balaban J connectivity index is 1.37. The van der Waals surface area contributed by atoms with Gasteiger partial charge in [0.15, 0.2) is 17.4 Å². The molecule has 11 heteroatoms. The molecule has 0 aliphatic carbocycles. The van der Waals surface area contributed by atoms with Crippen LogP contribution in [0.15, 0.2) is 59.9 Å². The molecule has 4 aromatic rings. The number of fused-ring (bicyclic) bond motifs is 1. The fraction of sp³-hybridized carbons (Fsp3) is 0.323. The quantitative estimate of drug-likeness (QED) is 0.229. The molecule has 0 unspecified atom stereocenters. The standard InChI is InChI=1S/C31H33F2N5O4/c1-31(2)17-36-30(41-18-31)37-21-14-23(32)27(24(33)15-21)42-25-10-11-34-28-26(25)22(16-35-28)19-6-8-20(9-7-19)29(39)38(3)12-5-13-40-4/h6-11,14-16H,5,12-13,17-18H2,1-4H3,(H,34,35)(H,36,37). The Morgan fingerprint density at radius 2 is 1.90 bits per heavy atom. The second kappa shape index (κ2) is 12.2. The van der Waals surface area contributed by atoms with Crippen LogP contribution in [0.2, 0.25) is 0 Å². The van der Waals surface area contributed by atoms with Crippen LogP contribution in [0.5, 0.6) is 11.5 Å². The zero-order valence-corrected chi connectivity index (χ0v) is 24.0. The molecule has 5 rings (SSSR count). The van der Waals surface area contributed by atoms with Crippen LogP contribution in [-0.2, 0) is 9.47 Å². The molecule has 1 aliphatic heterocycles. The third-order valence-corrected chi connectivity index (χ3v) is 6.88. The molecule has 42 heavy (non-hydrogen) atoms. The van der Waals surface area contributed by atoms with E-state index in [2.05, 4.69) is 20.3 Å². The van der Waals surface area contributed by atoms with Crippen molar-refractivity contribution in [2.45, 2.75) is 20.3 Å². The number of pyridine rings is 1. The lowest BCUT2D eigenvalue weighted by atomic mass is 9.95. The van der Waals surface area contributed by atoms with Gasteiger partial charge in [-0.15, -0.1) is 0 Å². The van der Waals surface area contributed by atoms with E-state index in [1.54, 1.807) is 43.5 Å². The number of H-pyrrole nitrogens is 1. The maximum absolute atomic E-state index is 15.2. The number of methoxy groups -OCH3 is 1. The molecule has 0 fully saturated rings. The predicted molar refractivity (Wildman–Crippen MR) is 157 cm³/mol. The van der Waals surface area contributed by atoms with Gasteiger partial charge in [-0.3, -0.25) is 4.79 Å². The fourth-order valence-corrected chi connectivity index (χ4v) is 4.58. The lowest BCUT2D eigenvalue weighted by Crippen LogP contribution is -2.33. The Labute approximate surface area is 242 Å². The molecule has 1 aliphatic rings. The van der Waals surface area contributed by atoms with Crippen molar-refractivity contribution in [2.24, 2.45) is 10.4 Å². The Kier molecular flexibility index (Phi) is 8.39. The van der Waals surface area contributed by atoms with Crippen LogP contribution in [0.1, 0.15) is 30.6 Å². The average molecular weight is 578 g/mol. The molecule has 3 heterocycles. The van der Waals surface area contributed by atoms with Crippen LogP contribution in [-0.4, -0.2) is 67.3 Å². The van der Waals surface area contributed by atoms with Gasteiger partial charge in [0.25, 0.3) is 11.9 Å². The molecule has 0 atom stereocenters. The van der Waals surface area contributed by atoms with Crippen molar-refractivity contribution in [3.63, 3.8) is 0 Å². The van der Waals surface area contributed by atoms with Crippen LogP contribution in [0.3, 0.4) is 0 Å². The second-order valence-electron chi connectivity index (χ2n) is 11.0. The normalized spacial score (nSPS) is 14.3. The first-order chi connectivity index (χ1) is 20.1. The Morgan fingerprint density at radius 1 is 1.17 bits per heavy atom. The van der Waals surface area contributed by atoms with E-state index in [-0.39, 0.29) is 28.8 Å². The summed E-state index contributed by atoms with van der Waals surface area (Å²) in [6, 6.07) is 11.1. The number of halogens is 2. The van der Waals surface area contributed by atoms with Crippen LogP contribution in [0, 0.1) is 17.0 Å². The van der Waals surface area contributed by atoms with Crippen LogP contribution >= 0.6 is 0 Å². The summed E-state index contributed by atoms with van der Waals surface area (Å²) in [5.41, 5.74) is 2.54. The minimum absolute atomic E-state index is 0.0999. The van der Waals surface area contributed by atoms with E-state index < -0.39 is 17.4 Å². The summed E-state index contributed by atoms with van der Waals surface area (Å²) < 4.78 is 46.8. The first-order valence-electron chi connectivity index (χ1n) is 13.6. The van der Waals surface area contributed by atoms with E-state index in [9.17, 15) is 4.79 Å². The van der Waals surface area contributed by atoms with Crippen molar-refractivity contribution < 1.29 is 27.8 Å². The lowest BCUT2D eigenvalue weighted by molar-refractivity contribution is 0.0779. The summed E-state index contributed by atoms with van der Waals surface area (Å²) in [4.78, 5) is 26.2. The maximum atomic E-state index is 15.2. The highest BCUT2D eigenvalue weighted by Gasteiger charge is 2.25. The number of aromatic amines is 1. The van der Waals surface area contributed by atoms with Gasteiger partial charge in [-0.1, -0.05) is 26.0 Å². The van der Waals surface area contributed by atoms with Crippen molar-refractivity contribution in [2.75, 3.05) is 45.8 Å². The van der Waals surface area contributed by atoms with Crippen molar-refractivity contribution in [1.29, 1.82) is 0 Å². The highest BCUT2D eigenvalue weighted by molar-refractivity contribution is 5.99. The number of amides is 1. The first-order valence-corrected chi connectivity index (χ1v) is 13.6. The number of amidine groups is 1. The van der Waals surface area contributed by atoms with Gasteiger partial charge >= 0.3 is 0 Å². The van der Waals surface area contributed by atoms with Crippen molar-refractivity contribution >= 4 is 28.6 Å². The van der Waals surface area contributed by atoms with Gasteiger partial charge in [0.05, 0.1) is 18.5 Å². The van der Waals surface area contributed by atoms with E-state index in [0.717, 1.165) is 24.1 Å². The van der Waals surface area contributed by atoms with Crippen molar-refractivity contribution in [3.8, 4) is 22.6 Å². The fourth-order valence-electron chi connectivity index (χ4n) is 4.58. The van der Waals surface area contributed by atoms with Gasteiger partial charge in [-0.25, -0.2) is 18.8 Å². The molecule has 220 valence electrons. The lowest BCUT2D eigenvalue weighted by Gasteiger charge is -2.28. The van der Waals surface area contributed by atoms with Crippen LogP contribution < -0.4 is 10.1 Å². The maximum Gasteiger partial charge on any atom is 0.289 e. The topological polar surface area (TPSA) is 101 Å². The third kappa shape index (κ3) is 6.36. The highest BCUT2D eigenvalue weighted by Crippen LogP contribution is 2.38. The van der Waals surface area contributed by atoms with E-state index >= 15 is 8.78 Å². The zero-order chi connectivity index (χ0) is 29.9. The Bertz CT molecular complexity index is 1590. The smallest absolute Gasteiger partial charge is 0.289 e. The number of ether oxygens (including phenoxy) is 3. The number of nitrogens with zero attached hydrogens (tertiary/aromatic N) is 3. The van der Waals surface area contributed by atoms with Gasteiger partial charge in [-0.2, -0.15) is 0 Å². The minimum Gasteiger partial charge on any atom is -0.464 e. The number of carbonyl (C=O) groups excluding carboxylic acids is 1. The molecule has 0 bridgehead atoms. The summed E-state index contributed by atoms with van der Waals surface area (Å²) in [5, 5.41) is 3.37. The summed E-state index contributed by atoms with van der Waals surface area (Å²) in [6.07, 6.45) is 3.97. The number of hydrogen-bond donors (Lipinski definition) is 2. The largest absolute Gasteiger partial charge is 0.464 e. The summed E-state index contributed by atoms with van der Waals surface area (Å²) in [7, 11) is 3.38. The van der Waals surface area contributed by atoms with E-state index in [1.165, 1.54) is 6.20 Å². The number of benzene rings is 2.